The standard InChI is InChI=1S/C15H27NO3/c1-12(2)10-18-15(6)8-7-9-16(11-15)13(17)19-14(3,4)5/h1,7-11H2,2-6H3. The van der Waals surface area contributed by atoms with E-state index >= 15 is 0 Å². The first-order valence-electron chi connectivity index (χ1n) is 6.88. The maximum atomic E-state index is 12.1. The van der Waals surface area contributed by atoms with Crippen LogP contribution in [-0.2, 0) is 9.47 Å². The summed E-state index contributed by atoms with van der Waals surface area (Å²) >= 11 is 0. The Labute approximate surface area is 116 Å². The molecule has 4 nitrogen and oxygen atoms in total. The fraction of sp³-hybridized carbons (Fsp3) is 0.800. The van der Waals surface area contributed by atoms with Crippen molar-refractivity contribution in [2.24, 2.45) is 0 Å². The van der Waals surface area contributed by atoms with Crippen molar-refractivity contribution in [3.63, 3.8) is 0 Å². The van der Waals surface area contributed by atoms with Gasteiger partial charge >= 0.3 is 6.09 Å². The summed E-state index contributed by atoms with van der Waals surface area (Å²) in [6.07, 6.45) is 1.64. The Hall–Kier alpha value is -1.03. The summed E-state index contributed by atoms with van der Waals surface area (Å²) in [6, 6.07) is 0. The van der Waals surface area contributed by atoms with Gasteiger partial charge in [0.25, 0.3) is 0 Å². The number of hydrogen-bond acceptors (Lipinski definition) is 3. The third-order valence-corrected chi connectivity index (χ3v) is 2.98. The van der Waals surface area contributed by atoms with Gasteiger partial charge in [-0.1, -0.05) is 12.2 Å². The summed E-state index contributed by atoms with van der Waals surface area (Å²) in [6.45, 7) is 15.3. The van der Waals surface area contributed by atoms with E-state index in [0.717, 1.165) is 25.0 Å². The van der Waals surface area contributed by atoms with Crippen molar-refractivity contribution in [1.29, 1.82) is 0 Å². The Morgan fingerprint density at radius 2 is 2.05 bits per heavy atom. The van der Waals surface area contributed by atoms with Gasteiger partial charge in [0, 0.05) is 6.54 Å². The summed E-state index contributed by atoms with van der Waals surface area (Å²) in [5.74, 6) is 0. The zero-order valence-electron chi connectivity index (χ0n) is 12.9. The average Bonchev–Trinajstić information content (AvgIpc) is 2.24. The predicted molar refractivity (Wildman–Crippen MR) is 76.2 cm³/mol. The van der Waals surface area contributed by atoms with Crippen LogP contribution in [0, 0.1) is 0 Å². The van der Waals surface area contributed by atoms with Gasteiger partial charge in [-0.3, -0.25) is 0 Å². The van der Waals surface area contributed by atoms with E-state index in [9.17, 15) is 4.79 Å². The Morgan fingerprint density at radius 1 is 1.42 bits per heavy atom. The van der Waals surface area contributed by atoms with Crippen LogP contribution in [0.2, 0.25) is 0 Å². The maximum absolute atomic E-state index is 12.1. The second-order valence-corrected chi connectivity index (χ2v) is 6.70. The lowest BCUT2D eigenvalue weighted by Crippen LogP contribution is -2.51. The van der Waals surface area contributed by atoms with Gasteiger partial charge < -0.3 is 14.4 Å². The molecular formula is C15H27NO3. The third-order valence-electron chi connectivity index (χ3n) is 2.98. The van der Waals surface area contributed by atoms with E-state index in [2.05, 4.69) is 6.58 Å². The zero-order chi connectivity index (χ0) is 14.7. The van der Waals surface area contributed by atoms with Crippen molar-refractivity contribution < 1.29 is 14.3 Å². The first kappa shape index (κ1) is 16.0. The number of hydrogen-bond donors (Lipinski definition) is 0. The van der Waals surface area contributed by atoms with E-state index in [-0.39, 0.29) is 11.7 Å². The molecule has 1 saturated heterocycles. The molecular weight excluding hydrogens is 242 g/mol. The predicted octanol–water partition coefficient (Wildman–Crippen LogP) is 3.37. The smallest absolute Gasteiger partial charge is 0.410 e. The molecule has 19 heavy (non-hydrogen) atoms. The van der Waals surface area contributed by atoms with Gasteiger partial charge in [0.15, 0.2) is 0 Å². The second-order valence-electron chi connectivity index (χ2n) is 6.70. The van der Waals surface area contributed by atoms with Crippen LogP contribution in [0.3, 0.4) is 0 Å². The van der Waals surface area contributed by atoms with Crippen molar-refractivity contribution in [2.75, 3.05) is 19.7 Å². The number of piperidine rings is 1. The minimum Gasteiger partial charge on any atom is -0.444 e. The molecule has 1 fully saturated rings. The molecule has 0 aromatic heterocycles. The number of carbonyl (C=O) groups is 1. The molecule has 0 N–H and O–H groups in total. The molecule has 0 radical (unpaired) electrons. The van der Waals surface area contributed by atoms with Gasteiger partial charge in [-0.2, -0.15) is 0 Å². The molecule has 0 spiro atoms. The second kappa shape index (κ2) is 5.95. The van der Waals surface area contributed by atoms with Crippen LogP contribution in [-0.4, -0.2) is 41.9 Å². The first-order chi connectivity index (χ1) is 8.61. The molecule has 1 heterocycles. The van der Waals surface area contributed by atoms with Crippen molar-refractivity contribution >= 4 is 6.09 Å². The van der Waals surface area contributed by atoms with Gasteiger partial charge in [-0.25, -0.2) is 4.79 Å². The number of likely N-dealkylation sites (tertiary alicyclic amines) is 1. The highest BCUT2D eigenvalue weighted by Crippen LogP contribution is 2.26. The number of rotatable bonds is 3. The summed E-state index contributed by atoms with van der Waals surface area (Å²) in [5, 5.41) is 0. The molecule has 1 aliphatic heterocycles. The molecule has 0 aromatic carbocycles. The Bertz CT molecular complexity index is 346. The highest BCUT2D eigenvalue weighted by molar-refractivity contribution is 5.68. The first-order valence-corrected chi connectivity index (χ1v) is 6.88. The molecule has 4 heteroatoms. The monoisotopic (exact) mass is 269 g/mol. The van der Waals surface area contributed by atoms with Crippen LogP contribution in [0.15, 0.2) is 12.2 Å². The minimum absolute atomic E-state index is 0.252. The summed E-state index contributed by atoms with van der Waals surface area (Å²) in [4.78, 5) is 13.8. The molecule has 1 atom stereocenters. The lowest BCUT2D eigenvalue weighted by Gasteiger charge is -2.40. The number of nitrogens with zero attached hydrogens (tertiary/aromatic N) is 1. The van der Waals surface area contributed by atoms with E-state index in [1.54, 1.807) is 4.90 Å². The van der Waals surface area contributed by atoms with Crippen LogP contribution in [0.5, 0.6) is 0 Å². The van der Waals surface area contributed by atoms with Crippen LogP contribution in [0.1, 0.15) is 47.5 Å². The van der Waals surface area contributed by atoms with Gasteiger partial charge in [0.1, 0.15) is 5.60 Å². The molecule has 1 aliphatic rings. The van der Waals surface area contributed by atoms with Crippen molar-refractivity contribution in [3.8, 4) is 0 Å². The minimum atomic E-state index is -0.455. The molecule has 0 aliphatic carbocycles. The molecule has 1 rings (SSSR count). The van der Waals surface area contributed by atoms with E-state index in [1.165, 1.54) is 0 Å². The van der Waals surface area contributed by atoms with Gasteiger partial charge in [-0.15, -0.1) is 0 Å². The highest BCUT2D eigenvalue weighted by atomic mass is 16.6. The number of ether oxygens (including phenoxy) is 2. The lowest BCUT2D eigenvalue weighted by atomic mass is 9.95. The van der Waals surface area contributed by atoms with Crippen LogP contribution >= 0.6 is 0 Å². The summed E-state index contributed by atoms with van der Waals surface area (Å²) in [5.41, 5.74) is 0.244. The molecule has 110 valence electrons. The maximum Gasteiger partial charge on any atom is 0.410 e. The van der Waals surface area contributed by atoms with Gasteiger partial charge in [0.05, 0.1) is 18.8 Å². The van der Waals surface area contributed by atoms with Crippen molar-refractivity contribution in [2.45, 2.75) is 58.7 Å². The van der Waals surface area contributed by atoms with E-state index in [0.29, 0.717) is 13.2 Å². The van der Waals surface area contributed by atoms with E-state index < -0.39 is 5.60 Å². The Kier molecular flexibility index (Phi) is 5.02. The molecule has 0 aromatic rings. The lowest BCUT2D eigenvalue weighted by molar-refractivity contribution is -0.0720. The quantitative estimate of drug-likeness (QED) is 0.737. The normalized spacial score (nSPS) is 24.2. The fourth-order valence-electron chi connectivity index (χ4n) is 2.10. The number of amides is 1. The van der Waals surface area contributed by atoms with E-state index in [1.807, 2.05) is 34.6 Å². The SMILES string of the molecule is C=C(C)COC1(C)CCCN(C(=O)OC(C)(C)C)C1. The Morgan fingerprint density at radius 3 is 2.58 bits per heavy atom. The molecule has 1 unspecified atom stereocenters. The fourth-order valence-corrected chi connectivity index (χ4v) is 2.10. The van der Waals surface area contributed by atoms with Crippen LogP contribution in [0.4, 0.5) is 4.79 Å². The molecule has 0 saturated carbocycles. The third kappa shape index (κ3) is 5.64. The van der Waals surface area contributed by atoms with Crippen LogP contribution in [0.25, 0.3) is 0 Å². The van der Waals surface area contributed by atoms with Gasteiger partial charge in [-0.05, 0) is 47.5 Å². The summed E-state index contributed by atoms with van der Waals surface area (Å²) < 4.78 is 11.3. The van der Waals surface area contributed by atoms with Crippen molar-refractivity contribution in [3.05, 3.63) is 12.2 Å². The number of carbonyl (C=O) groups excluding carboxylic acids is 1. The Balaban J connectivity index is 2.58. The van der Waals surface area contributed by atoms with Crippen molar-refractivity contribution in [1.82, 2.24) is 4.90 Å². The zero-order valence-corrected chi connectivity index (χ0v) is 12.9. The average molecular weight is 269 g/mol. The van der Waals surface area contributed by atoms with Gasteiger partial charge in [0.2, 0.25) is 0 Å². The molecule has 1 amide bonds. The summed E-state index contributed by atoms with van der Waals surface area (Å²) in [7, 11) is 0. The van der Waals surface area contributed by atoms with E-state index in [4.69, 9.17) is 9.47 Å². The highest BCUT2D eigenvalue weighted by Gasteiger charge is 2.35. The topological polar surface area (TPSA) is 38.8 Å². The molecule has 0 bridgehead atoms. The van der Waals surface area contributed by atoms with Crippen LogP contribution < -0.4 is 0 Å². The largest absolute Gasteiger partial charge is 0.444 e.